The minimum absolute atomic E-state index is 0.0159. The first-order chi connectivity index (χ1) is 14.0. The summed E-state index contributed by atoms with van der Waals surface area (Å²) in [7, 11) is 0. The van der Waals surface area contributed by atoms with Crippen LogP contribution in [0.2, 0.25) is 0 Å². The van der Waals surface area contributed by atoms with Crippen LogP contribution in [0.15, 0.2) is 75.0 Å². The molecule has 1 aliphatic rings. The Balaban J connectivity index is 1.54. The Morgan fingerprint density at radius 1 is 1.10 bits per heavy atom. The van der Waals surface area contributed by atoms with Gasteiger partial charge in [-0.3, -0.25) is 14.9 Å². The highest BCUT2D eigenvalue weighted by atomic mass is 32.2. The molecule has 1 fully saturated rings. The number of para-hydroxylation sites is 1. The molecule has 2 aromatic carbocycles. The number of rotatable bonds is 4. The first kappa shape index (κ1) is 18.7. The molecule has 1 saturated heterocycles. The summed E-state index contributed by atoms with van der Waals surface area (Å²) in [6.45, 7) is 1.96. The predicted octanol–water partition coefficient (Wildman–Crippen LogP) is 5.05. The van der Waals surface area contributed by atoms with E-state index in [0.29, 0.717) is 27.2 Å². The molecule has 0 unspecified atom stereocenters. The number of nitrogens with zero attached hydrogens (tertiary/aromatic N) is 2. The zero-order chi connectivity index (χ0) is 20.4. The average Bonchev–Trinajstić information content (AvgIpc) is 3.31. The van der Waals surface area contributed by atoms with Crippen molar-refractivity contribution in [2.45, 2.75) is 6.92 Å². The summed E-state index contributed by atoms with van der Waals surface area (Å²) >= 11 is 1.24. The van der Waals surface area contributed by atoms with Gasteiger partial charge in [0.25, 0.3) is 11.6 Å². The largest absolute Gasteiger partial charge is 0.457 e. The fourth-order valence-electron chi connectivity index (χ4n) is 2.74. The molecule has 4 rings (SSSR count). The van der Waals surface area contributed by atoms with Crippen molar-refractivity contribution in [2.24, 2.45) is 4.99 Å². The lowest BCUT2D eigenvalue weighted by atomic mass is 10.1. The summed E-state index contributed by atoms with van der Waals surface area (Å²) in [4.78, 5) is 27.5. The first-order valence-corrected chi connectivity index (χ1v) is 9.51. The third-order valence-corrected chi connectivity index (χ3v) is 5.16. The smallest absolute Gasteiger partial charge is 0.269 e. The maximum Gasteiger partial charge on any atom is 0.269 e. The van der Waals surface area contributed by atoms with E-state index in [0.717, 1.165) is 11.3 Å². The van der Waals surface area contributed by atoms with E-state index in [-0.39, 0.29) is 11.6 Å². The van der Waals surface area contributed by atoms with Gasteiger partial charge in [-0.15, -0.1) is 0 Å². The number of furan rings is 1. The van der Waals surface area contributed by atoms with Crippen molar-refractivity contribution in [1.29, 1.82) is 0 Å². The van der Waals surface area contributed by atoms with Crippen molar-refractivity contribution in [3.63, 3.8) is 0 Å². The molecule has 0 radical (unpaired) electrons. The number of thioether (sulfide) groups is 1. The normalized spacial score (nSPS) is 16.4. The number of carbonyl (C=O) groups excluding carboxylic acids is 1. The van der Waals surface area contributed by atoms with Crippen LogP contribution < -0.4 is 5.32 Å². The van der Waals surface area contributed by atoms with Gasteiger partial charge in [-0.1, -0.05) is 18.2 Å². The molecule has 2 heterocycles. The van der Waals surface area contributed by atoms with Crippen LogP contribution in [-0.4, -0.2) is 16.0 Å². The van der Waals surface area contributed by atoms with Gasteiger partial charge in [0.2, 0.25) is 0 Å². The molecule has 0 aliphatic carbocycles. The van der Waals surface area contributed by atoms with Gasteiger partial charge in [0.1, 0.15) is 11.5 Å². The summed E-state index contributed by atoms with van der Waals surface area (Å²) in [5, 5.41) is 14.0. The van der Waals surface area contributed by atoms with Crippen molar-refractivity contribution in [1.82, 2.24) is 5.32 Å². The lowest BCUT2D eigenvalue weighted by Crippen LogP contribution is -2.19. The summed E-state index contributed by atoms with van der Waals surface area (Å²) < 4.78 is 5.77. The molecule has 7 nitrogen and oxygen atoms in total. The molecular formula is C21H15N3O4S. The van der Waals surface area contributed by atoms with E-state index < -0.39 is 4.92 Å². The SMILES string of the molecule is Cc1ccccc1N=C1NC(=O)/C(=C/c2ccc(-c3ccc([N+](=O)[O-])cc3)o2)S1. The van der Waals surface area contributed by atoms with Crippen LogP contribution in [0.25, 0.3) is 17.4 Å². The zero-order valence-electron chi connectivity index (χ0n) is 15.3. The fourth-order valence-corrected chi connectivity index (χ4v) is 3.56. The van der Waals surface area contributed by atoms with E-state index in [1.807, 2.05) is 31.2 Å². The van der Waals surface area contributed by atoms with Crippen LogP contribution in [0.1, 0.15) is 11.3 Å². The van der Waals surface area contributed by atoms with Crippen LogP contribution >= 0.6 is 11.8 Å². The third kappa shape index (κ3) is 4.12. The minimum Gasteiger partial charge on any atom is -0.457 e. The quantitative estimate of drug-likeness (QED) is 0.372. The van der Waals surface area contributed by atoms with Crippen LogP contribution in [0.3, 0.4) is 0 Å². The summed E-state index contributed by atoms with van der Waals surface area (Å²) in [6, 6.07) is 17.3. The molecule has 1 N–H and O–H groups in total. The minimum atomic E-state index is -0.451. The Morgan fingerprint density at radius 3 is 2.59 bits per heavy atom. The van der Waals surface area contributed by atoms with E-state index in [9.17, 15) is 14.9 Å². The van der Waals surface area contributed by atoms with E-state index in [4.69, 9.17) is 4.42 Å². The Bertz CT molecular complexity index is 1160. The van der Waals surface area contributed by atoms with Gasteiger partial charge in [-0.2, -0.15) is 0 Å². The van der Waals surface area contributed by atoms with Crippen LogP contribution in [0.5, 0.6) is 0 Å². The van der Waals surface area contributed by atoms with Gasteiger partial charge in [-0.05, 0) is 54.6 Å². The second-order valence-electron chi connectivity index (χ2n) is 6.27. The van der Waals surface area contributed by atoms with Gasteiger partial charge in [-0.25, -0.2) is 4.99 Å². The van der Waals surface area contributed by atoms with Gasteiger partial charge < -0.3 is 9.73 Å². The second kappa shape index (κ2) is 7.76. The lowest BCUT2D eigenvalue weighted by molar-refractivity contribution is -0.384. The lowest BCUT2D eigenvalue weighted by Gasteiger charge is -1.99. The summed E-state index contributed by atoms with van der Waals surface area (Å²) in [5.41, 5.74) is 2.55. The zero-order valence-corrected chi connectivity index (χ0v) is 16.1. The molecule has 1 aliphatic heterocycles. The van der Waals surface area contributed by atoms with Gasteiger partial charge in [0, 0.05) is 23.8 Å². The molecule has 29 heavy (non-hydrogen) atoms. The molecule has 0 atom stereocenters. The van der Waals surface area contributed by atoms with Crippen molar-refractivity contribution in [2.75, 3.05) is 0 Å². The molecule has 0 spiro atoms. The molecule has 1 aromatic heterocycles. The van der Waals surface area contributed by atoms with Crippen molar-refractivity contribution >= 4 is 40.3 Å². The maximum absolute atomic E-state index is 12.3. The monoisotopic (exact) mass is 405 g/mol. The number of non-ortho nitro benzene ring substituents is 1. The highest BCUT2D eigenvalue weighted by Crippen LogP contribution is 2.31. The van der Waals surface area contributed by atoms with E-state index in [1.54, 1.807) is 30.3 Å². The topological polar surface area (TPSA) is 97.7 Å². The number of nitro benzene ring substituents is 1. The predicted molar refractivity (Wildman–Crippen MR) is 113 cm³/mol. The Morgan fingerprint density at radius 2 is 1.86 bits per heavy atom. The molecule has 0 saturated carbocycles. The van der Waals surface area contributed by atoms with Crippen molar-refractivity contribution < 1.29 is 14.1 Å². The highest BCUT2D eigenvalue weighted by Gasteiger charge is 2.24. The van der Waals surface area contributed by atoms with Gasteiger partial charge in [0.05, 0.1) is 15.5 Å². The number of aryl methyl sites for hydroxylation is 1. The standard InChI is InChI=1S/C21H15N3O4S/c1-13-4-2-3-5-17(13)22-21-23-20(25)19(29-21)12-16-10-11-18(28-16)14-6-8-15(9-7-14)24(26)27/h2-12H,1H3,(H,22,23,25)/b19-12-. The highest BCUT2D eigenvalue weighted by molar-refractivity contribution is 8.18. The van der Waals surface area contributed by atoms with Crippen molar-refractivity contribution in [3.8, 4) is 11.3 Å². The first-order valence-electron chi connectivity index (χ1n) is 8.69. The number of aliphatic imine (C=N–C) groups is 1. The summed E-state index contributed by atoms with van der Waals surface area (Å²) in [5.74, 6) is 0.827. The molecular weight excluding hydrogens is 390 g/mol. The molecule has 144 valence electrons. The Hall–Kier alpha value is -3.65. The second-order valence-corrected chi connectivity index (χ2v) is 7.30. The number of amidine groups is 1. The number of carbonyl (C=O) groups is 1. The molecule has 8 heteroatoms. The van der Waals surface area contributed by atoms with Crippen LogP contribution in [0.4, 0.5) is 11.4 Å². The van der Waals surface area contributed by atoms with Gasteiger partial charge in [0.15, 0.2) is 5.17 Å². The van der Waals surface area contributed by atoms with Crippen LogP contribution in [-0.2, 0) is 4.79 Å². The average molecular weight is 405 g/mol. The maximum atomic E-state index is 12.3. The van der Waals surface area contributed by atoms with E-state index in [2.05, 4.69) is 10.3 Å². The number of hydrogen-bond acceptors (Lipinski definition) is 6. The third-order valence-electron chi connectivity index (χ3n) is 4.25. The Labute approximate surface area is 170 Å². The number of benzene rings is 2. The number of nitro groups is 1. The molecule has 1 amide bonds. The van der Waals surface area contributed by atoms with E-state index >= 15 is 0 Å². The van der Waals surface area contributed by atoms with Gasteiger partial charge >= 0.3 is 0 Å². The molecule has 0 bridgehead atoms. The fraction of sp³-hybridized carbons (Fsp3) is 0.0476. The number of hydrogen-bond donors (Lipinski definition) is 1. The number of nitrogens with one attached hydrogen (secondary N) is 1. The van der Waals surface area contributed by atoms with E-state index in [1.165, 1.54) is 23.9 Å². The van der Waals surface area contributed by atoms with Crippen LogP contribution in [0, 0.1) is 17.0 Å². The summed E-state index contributed by atoms with van der Waals surface area (Å²) in [6.07, 6.45) is 1.65. The van der Waals surface area contributed by atoms with Crippen molar-refractivity contribution in [3.05, 3.63) is 87.0 Å². The number of amides is 1. The Kier molecular flexibility index (Phi) is 5.01. The molecule has 3 aromatic rings.